The zero-order valence-electron chi connectivity index (χ0n) is 23.0. The molecule has 0 saturated carbocycles. The van der Waals surface area contributed by atoms with E-state index in [1.807, 2.05) is 6.92 Å². The molecule has 0 fully saturated rings. The Balaban J connectivity index is 1.73. The number of hydrogen-bond donors (Lipinski definition) is 1. The van der Waals surface area contributed by atoms with E-state index in [0.29, 0.717) is 39.7 Å². The topological polar surface area (TPSA) is 109 Å². The predicted octanol–water partition coefficient (Wildman–Crippen LogP) is 5.36. The second-order valence-electron chi connectivity index (χ2n) is 8.78. The molecule has 1 unspecified atom stereocenters. The van der Waals surface area contributed by atoms with Gasteiger partial charge in [-0.1, -0.05) is 34.1 Å². The third-order valence-corrected chi connectivity index (χ3v) is 6.68. The van der Waals surface area contributed by atoms with Crippen LogP contribution in [0.3, 0.4) is 0 Å². The van der Waals surface area contributed by atoms with Gasteiger partial charge in [-0.2, -0.15) is 0 Å². The van der Waals surface area contributed by atoms with Crippen molar-refractivity contribution in [3.05, 3.63) is 81.3 Å². The van der Waals surface area contributed by atoms with Gasteiger partial charge in [-0.05, 0) is 54.4 Å². The number of aryl methyl sites for hydroxylation is 1. The van der Waals surface area contributed by atoms with Crippen molar-refractivity contribution >= 4 is 33.6 Å². The number of carbonyl (C=O) groups is 3. The highest BCUT2D eigenvalue weighted by atomic mass is 79.9. The number of benzene rings is 3. The van der Waals surface area contributed by atoms with E-state index in [4.69, 9.17) is 23.7 Å². The zero-order chi connectivity index (χ0) is 29.2. The van der Waals surface area contributed by atoms with E-state index in [1.54, 1.807) is 54.6 Å². The summed E-state index contributed by atoms with van der Waals surface area (Å²) in [6.07, 6.45) is -1.49. The Morgan fingerprint density at radius 2 is 1.48 bits per heavy atom. The van der Waals surface area contributed by atoms with Gasteiger partial charge in [-0.15, -0.1) is 0 Å². The first-order chi connectivity index (χ1) is 19.2. The van der Waals surface area contributed by atoms with E-state index in [2.05, 4.69) is 21.2 Å². The van der Waals surface area contributed by atoms with Crippen LogP contribution in [0.5, 0.6) is 23.0 Å². The van der Waals surface area contributed by atoms with Gasteiger partial charge >= 0.3 is 5.97 Å². The summed E-state index contributed by atoms with van der Waals surface area (Å²) in [5.74, 6) is 0.441. The Morgan fingerprint density at radius 3 is 2.05 bits per heavy atom. The minimum Gasteiger partial charge on any atom is -0.497 e. The summed E-state index contributed by atoms with van der Waals surface area (Å²) >= 11 is 3.37. The number of ketones is 1. The molecule has 0 spiro atoms. The average molecular weight is 614 g/mol. The minimum absolute atomic E-state index is 0.0764. The standard InChI is InChI=1S/C30H32BrNO8/c1-18-6-11-22(36-2)16-23(18)24(33)12-13-27(34)40-28(20-7-9-21(31)10-8-20)30(35)32-17-19-14-25(37-3)29(39-5)26(15-19)38-4/h6-11,14-16,28H,12-13,17H2,1-5H3,(H,32,35). The molecule has 0 aromatic heterocycles. The summed E-state index contributed by atoms with van der Waals surface area (Å²) in [4.78, 5) is 38.9. The molecule has 0 radical (unpaired) electrons. The molecular weight excluding hydrogens is 582 g/mol. The fourth-order valence-electron chi connectivity index (χ4n) is 4.00. The largest absolute Gasteiger partial charge is 0.497 e. The highest BCUT2D eigenvalue weighted by Gasteiger charge is 2.26. The summed E-state index contributed by atoms with van der Waals surface area (Å²) in [5.41, 5.74) is 2.41. The van der Waals surface area contributed by atoms with Crippen LogP contribution in [0.15, 0.2) is 59.1 Å². The number of Topliss-reactive ketones (excluding diaryl/α,β-unsaturated/α-hetero) is 1. The van der Waals surface area contributed by atoms with E-state index in [0.717, 1.165) is 10.0 Å². The van der Waals surface area contributed by atoms with Crippen molar-refractivity contribution in [3.8, 4) is 23.0 Å². The summed E-state index contributed by atoms with van der Waals surface area (Å²) in [5, 5.41) is 2.81. The molecule has 3 aromatic carbocycles. The molecule has 0 heterocycles. The quantitative estimate of drug-likeness (QED) is 0.203. The Hall–Kier alpha value is -4.05. The number of nitrogens with one attached hydrogen (secondary N) is 1. The highest BCUT2D eigenvalue weighted by Crippen LogP contribution is 2.38. The number of amides is 1. The first-order valence-corrected chi connectivity index (χ1v) is 13.2. The number of rotatable bonds is 13. The molecule has 212 valence electrons. The third-order valence-electron chi connectivity index (χ3n) is 6.15. The summed E-state index contributed by atoms with van der Waals surface area (Å²) in [6.45, 7) is 1.92. The molecule has 0 saturated heterocycles. The summed E-state index contributed by atoms with van der Waals surface area (Å²) < 4.78 is 27.7. The number of halogens is 1. The molecule has 3 rings (SSSR count). The Bertz CT molecular complexity index is 1330. The van der Waals surface area contributed by atoms with Gasteiger partial charge in [0.1, 0.15) is 5.75 Å². The second-order valence-corrected chi connectivity index (χ2v) is 9.69. The van der Waals surface area contributed by atoms with Crippen LogP contribution in [0.1, 0.15) is 46.0 Å². The van der Waals surface area contributed by atoms with E-state index in [1.165, 1.54) is 28.4 Å². The van der Waals surface area contributed by atoms with Crippen molar-refractivity contribution < 1.29 is 38.1 Å². The summed E-state index contributed by atoms with van der Waals surface area (Å²) in [7, 11) is 6.03. The van der Waals surface area contributed by atoms with Crippen molar-refractivity contribution in [2.45, 2.75) is 32.4 Å². The Labute approximate surface area is 241 Å². The third kappa shape index (κ3) is 7.75. The molecule has 1 atom stereocenters. The number of hydrogen-bond acceptors (Lipinski definition) is 8. The van der Waals surface area contributed by atoms with Crippen LogP contribution in [0, 0.1) is 6.92 Å². The van der Waals surface area contributed by atoms with Crippen LogP contribution in [-0.2, 0) is 20.9 Å². The zero-order valence-corrected chi connectivity index (χ0v) is 24.6. The molecule has 3 aromatic rings. The maximum Gasteiger partial charge on any atom is 0.307 e. The van der Waals surface area contributed by atoms with Gasteiger partial charge in [-0.3, -0.25) is 14.4 Å². The van der Waals surface area contributed by atoms with Gasteiger partial charge in [0.05, 0.1) is 34.9 Å². The van der Waals surface area contributed by atoms with Crippen molar-refractivity contribution in [1.29, 1.82) is 0 Å². The lowest BCUT2D eigenvalue weighted by molar-refractivity contribution is -0.156. The smallest absolute Gasteiger partial charge is 0.307 e. The summed E-state index contributed by atoms with van der Waals surface area (Å²) in [6, 6.07) is 15.5. The average Bonchev–Trinajstić information content (AvgIpc) is 2.97. The molecule has 1 N–H and O–H groups in total. The number of carbonyl (C=O) groups excluding carboxylic acids is 3. The Morgan fingerprint density at radius 1 is 0.825 bits per heavy atom. The van der Waals surface area contributed by atoms with Crippen LogP contribution in [0.4, 0.5) is 0 Å². The molecule has 9 nitrogen and oxygen atoms in total. The van der Waals surface area contributed by atoms with E-state index >= 15 is 0 Å². The molecule has 40 heavy (non-hydrogen) atoms. The van der Waals surface area contributed by atoms with Gasteiger partial charge in [0.15, 0.2) is 17.3 Å². The van der Waals surface area contributed by atoms with E-state index < -0.39 is 18.0 Å². The molecule has 10 heteroatoms. The molecule has 1 amide bonds. The van der Waals surface area contributed by atoms with Crippen LogP contribution in [-0.4, -0.2) is 46.1 Å². The van der Waals surface area contributed by atoms with Gasteiger partial charge in [0, 0.05) is 28.6 Å². The van der Waals surface area contributed by atoms with Crippen LogP contribution in [0.25, 0.3) is 0 Å². The number of esters is 1. The molecular formula is C30H32BrNO8. The monoisotopic (exact) mass is 613 g/mol. The fourth-order valence-corrected chi connectivity index (χ4v) is 4.26. The number of ether oxygens (including phenoxy) is 5. The minimum atomic E-state index is -1.23. The van der Waals surface area contributed by atoms with Crippen LogP contribution >= 0.6 is 15.9 Å². The van der Waals surface area contributed by atoms with Crippen molar-refractivity contribution in [3.63, 3.8) is 0 Å². The first kappa shape index (κ1) is 30.5. The van der Waals surface area contributed by atoms with Crippen molar-refractivity contribution in [1.82, 2.24) is 5.32 Å². The fraction of sp³-hybridized carbons (Fsp3) is 0.300. The highest BCUT2D eigenvalue weighted by molar-refractivity contribution is 9.10. The molecule has 0 aliphatic rings. The molecule has 0 aliphatic heterocycles. The molecule has 0 bridgehead atoms. The van der Waals surface area contributed by atoms with Crippen LogP contribution in [0.2, 0.25) is 0 Å². The Kier molecular flexibility index (Phi) is 11.0. The van der Waals surface area contributed by atoms with Crippen molar-refractivity contribution in [2.75, 3.05) is 28.4 Å². The van der Waals surface area contributed by atoms with Gasteiger partial charge in [-0.25, -0.2) is 0 Å². The first-order valence-electron chi connectivity index (χ1n) is 12.4. The van der Waals surface area contributed by atoms with Crippen molar-refractivity contribution in [2.24, 2.45) is 0 Å². The van der Waals surface area contributed by atoms with Gasteiger partial charge < -0.3 is 29.0 Å². The lowest BCUT2D eigenvalue weighted by Crippen LogP contribution is -2.32. The van der Waals surface area contributed by atoms with E-state index in [9.17, 15) is 14.4 Å². The lowest BCUT2D eigenvalue weighted by Gasteiger charge is -2.19. The molecule has 0 aliphatic carbocycles. The SMILES string of the molecule is COc1ccc(C)c(C(=O)CCC(=O)OC(C(=O)NCc2cc(OC)c(OC)c(OC)c2)c2ccc(Br)cc2)c1. The number of methoxy groups -OCH3 is 4. The predicted molar refractivity (Wildman–Crippen MR) is 152 cm³/mol. The maximum atomic E-state index is 13.3. The van der Waals surface area contributed by atoms with Gasteiger partial charge in [0.25, 0.3) is 5.91 Å². The van der Waals surface area contributed by atoms with Gasteiger partial charge in [0.2, 0.25) is 11.9 Å². The second kappa shape index (κ2) is 14.4. The van der Waals surface area contributed by atoms with Crippen LogP contribution < -0.4 is 24.3 Å². The lowest BCUT2D eigenvalue weighted by atomic mass is 10.0. The maximum absolute atomic E-state index is 13.3. The normalized spacial score (nSPS) is 11.2. The van der Waals surface area contributed by atoms with E-state index in [-0.39, 0.29) is 25.2 Å².